The summed E-state index contributed by atoms with van der Waals surface area (Å²) >= 11 is 5.93. The zero-order valence-electron chi connectivity index (χ0n) is 22.6. The van der Waals surface area contributed by atoms with E-state index in [-0.39, 0.29) is 17.6 Å². The number of nitrogens with zero attached hydrogens (tertiary/aromatic N) is 3. The molecule has 40 heavy (non-hydrogen) atoms. The largest absolute Gasteiger partial charge is 0.490 e. The molecule has 2 fully saturated rings. The van der Waals surface area contributed by atoms with E-state index in [1.54, 1.807) is 24.4 Å². The number of thiocarbonyl (C=S) groups is 1. The fourth-order valence-corrected chi connectivity index (χ4v) is 6.44. The van der Waals surface area contributed by atoms with Crippen LogP contribution in [0.1, 0.15) is 70.8 Å². The number of aromatic nitrogens is 2. The number of carboxylic acids is 1. The number of benzene rings is 2. The molecular weight excluding hydrogens is 520 g/mol. The van der Waals surface area contributed by atoms with Crippen LogP contribution < -0.4 is 15.0 Å². The summed E-state index contributed by atoms with van der Waals surface area (Å²) in [4.78, 5) is 18.5. The fourth-order valence-electron chi connectivity index (χ4n) is 6.10. The Morgan fingerprint density at radius 2 is 1.77 bits per heavy atom. The number of aromatic carboxylic acids is 1. The number of pyridine rings is 1. The van der Waals surface area contributed by atoms with Crippen molar-refractivity contribution in [1.29, 1.82) is 0 Å². The molecule has 0 spiro atoms. The Morgan fingerprint density at radius 1 is 1.00 bits per heavy atom. The summed E-state index contributed by atoms with van der Waals surface area (Å²) in [5.41, 5.74) is 6.05. The van der Waals surface area contributed by atoms with Crippen LogP contribution in [0.5, 0.6) is 5.75 Å². The predicted octanol–water partition coefficient (Wildman–Crippen LogP) is 6.69. The number of aryl methyl sites for hydroxylation is 1. The van der Waals surface area contributed by atoms with Crippen molar-refractivity contribution in [3.8, 4) is 11.4 Å². The summed E-state index contributed by atoms with van der Waals surface area (Å²) in [6, 6.07) is 23.0. The fraction of sp³-hybridized carbons (Fsp3) is 0.281. The topological polar surface area (TPSA) is 79.6 Å². The number of ether oxygens (including phenoxy) is 1. The Kier molecular flexibility index (Phi) is 7.02. The highest BCUT2D eigenvalue weighted by Gasteiger charge is 2.42. The molecule has 2 N–H and O–H groups in total. The van der Waals surface area contributed by atoms with Gasteiger partial charge in [-0.05, 0) is 118 Å². The van der Waals surface area contributed by atoms with Crippen molar-refractivity contribution < 1.29 is 14.6 Å². The van der Waals surface area contributed by atoms with E-state index in [4.69, 9.17) is 17.0 Å². The second-order valence-electron chi connectivity index (χ2n) is 10.5. The van der Waals surface area contributed by atoms with E-state index in [1.165, 1.54) is 12.8 Å². The van der Waals surface area contributed by atoms with Gasteiger partial charge in [0.25, 0.3) is 0 Å². The third-order valence-corrected chi connectivity index (χ3v) is 8.27. The molecule has 2 atom stereocenters. The van der Waals surface area contributed by atoms with Crippen LogP contribution in [0.2, 0.25) is 0 Å². The Hall–Kier alpha value is -4.17. The lowest BCUT2D eigenvalue weighted by molar-refractivity contribution is 0.0697. The molecule has 0 amide bonds. The van der Waals surface area contributed by atoms with Crippen LogP contribution >= 0.6 is 12.2 Å². The molecule has 6 rings (SSSR count). The van der Waals surface area contributed by atoms with Crippen molar-refractivity contribution in [2.45, 2.75) is 57.7 Å². The summed E-state index contributed by atoms with van der Waals surface area (Å²) in [6.07, 6.45) is 6.78. The lowest BCUT2D eigenvalue weighted by Crippen LogP contribution is -2.29. The van der Waals surface area contributed by atoms with Gasteiger partial charge in [-0.1, -0.05) is 12.1 Å². The van der Waals surface area contributed by atoms with Gasteiger partial charge in [0.15, 0.2) is 5.11 Å². The number of nitrogens with one attached hydrogen (secondary N) is 1. The van der Waals surface area contributed by atoms with Crippen molar-refractivity contribution in [2.75, 3.05) is 4.90 Å². The number of hydrogen-bond acceptors (Lipinski definition) is 4. The average Bonchev–Trinajstić information content (AvgIpc) is 3.67. The van der Waals surface area contributed by atoms with Gasteiger partial charge in [-0.3, -0.25) is 4.98 Å². The zero-order chi connectivity index (χ0) is 27.8. The third kappa shape index (κ3) is 4.84. The molecule has 0 radical (unpaired) electrons. The first kappa shape index (κ1) is 26.1. The van der Waals surface area contributed by atoms with Gasteiger partial charge in [-0.2, -0.15) is 0 Å². The van der Waals surface area contributed by atoms with Crippen LogP contribution in [0.15, 0.2) is 79.0 Å². The Morgan fingerprint density at radius 3 is 2.48 bits per heavy atom. The van der Waals surface area contributed by atoms with Crippen LogP contribution in [-0.4, -0.2) is 31.8 Å². The minimum absolute atomic E-state index is 0.174. The van der Waals surface area contributed by atoms with E-state index in [0.717, 1.165) is 52.6 Å². The lowest BCUT2D eigenvalue weighted by atomic mass is 9.96. The molecule has 204 valence electrons. The summed E-state index contributed by atoms with van der Waals surface area (Å²) in [5.74, 6) is -0.0698. The minimum atomic E-state index is -0.948. The molecule has 0 bridgehead atoms. The molecule has 7 nitrogen and oxygen atoms in total. The molecule has 0 unspecified atom stereocenters. The number of hydrogen-bond donors (Lipinski definition) is 2. The van der Waals surface area contributed by atoms with Gasteiger partial charge < -0.3 is 24.6 Å². The monoisotopic (exact) mass is 552 g/mol. The van der Waals surface area contributed by atoms with E-state index in [1.807, 2.05) is 43.3 Å². The maximum atomic E-state index is 11.7. The standard InChI is InChI=1S/C32H32N4O3S/c1-20-18-27(21(2)35(20)24-9-7-8-22(19-24)31(37)38)30-29(28-12-5-6-17-33-28)34-32(40)36(30)23-13-15-26(16-14-23)39-25-10-3-4-11-25/h5-9,12-19,25,29-30H,3-4,10-11H2,1-2H3,(H,34,40)(H,37,38)/t29-,30-/m0/s1. The molecule has 8 heteroatoms. The summed E-state index contributed by atoms with van der Waals surface area (Å²) in [6.45, 7) is 4.11. The second-order valence-corrected chi connectivity index (χ2v) is 10.9. The zero-order valence-corrected chi connectivity index (χ0v) is 23.4. The van der Waals surface area contributed by atoms with Crippen molar-refractivity contribution in [3.63, 3.8) is 0 Å². The SMILES string of the molecule is Cc1cc([C@H]2[C@H](c3ccccn3)NC(=S)N2c2ccc(OC3CCCC3)cc2)c(C)n1-c1cccc(C(=O)O)c1. The first-order valence-corrected chi connectivity index (χ1v) is 14.1. The molecule has 3 heterocycles. The van der Waals surface area contributed by atoms with E-state index in [2.05, 4.69) is 44.9 Å². The molecule has 2 aliphatic rings. The van der Waals surface area contributed by atoms with Gasteiger partial charge in [0.05, 0.1) is 29.4 Å². The number of anilines is 1. The van der Waals surface area contributed by atoms with Crippen molar-refractivity contribution in [1.82, 2.24) is 14.9 Å². The Labute approximate surface area is 239 Å². The Bertz CT molecular complexity index is 1540. The van der Waals surface area contributed by atoms with E-state index >= 15 is 0 Å². The smallest absolute Gasteiger partial charge is 0.335 e. The van der Waals surface area contributed by atoms with Gasteiger partial charge >= 0.3 is 5.97 Å². The number of carboxylic acid groups (broad SMARTS) is 1. The summed E-state index contributed by atoms with van der Waals surface area (Å²) in [5, 5.41) is 13.7. The maximum absolute atomic E-state index is 11.7. The van der Waals surface area contributed by atoms with E-state index < -0.39 is 5.97 Å². The summed E-state index contributed by atoms with van der Waals surface area (Å²) < 4.78 is 8.32. The highest BCUT2D eigenvalue weighted by molar-refractivity contribution is 7.80. The van der Waals surface area contributed by atoms with Crippen LogP contribution in [-0.2, 0) is 0 Å². The number of rotatable bonds is 7. The van der Waals surface area contributed by atoms with Crippen molar-refractivity contribution in [2.24, 2.45) is 0 Å². The predicted molar refractivity (Wildman–Crippen MR) is 159 cm³/mol. The minimum Gasteiger partial charge on any atom is -0.490 e. The molecule has 1 aliphatic heterocycles. The van der Waals surface area contributed by atoms with Crippen LogP contribution in [0.4, 0.5) is 5.69 Å². The lowest BCUT2D eigenvalue weighted by Gasteiger charge is -2.28. The van der Waals surface area contributed by atoms with Crippen LogP contribution in [0.25, 0.3) is 5.69 Å². The number of carbonyl (C=O) groups is 1. The maximum Gasteiger partial charge on any atom is 0.335 e. The average molecular weight is 553 g/mol. The molecule has 1 aliphatic carbocycles. The molecule has 4 aromatic rings. The van der Waals surface area contributed by atoms with Crippen LogP contribution in [0.3, 0.4) is 0 Å². The van der Waals surface area contributed by atoms with Gasteiger partial charge in [0.1, 0.15) is 5.75 Å². The van der Waals surface area contributed by atoms with Gasteiger partial charge in [0, 0.05) is 29.0 Å². The third-order valence-electron chi connectivity index (χ3n) is 7.96. The summed E-state index contributed by atoms with van der Waals surface area (Å²) in [7, 11) is 0. The second kappa shape index (κ2) is 10.8. The van der Waals surface area contributed by atoms with Gasteiger partial charge in [-0.25, -0.2) is 4.79 Å². The highest BCUT2D eigenvalue weighted by atomic mass is 32.1. The van der Waals surface area contributed by atoms with E-state index in [0.29, 0.717) is 11.2 Å². The first-order valence-electron chi connectivity index (χ1n) is 13.7. The quantitative estimate of drug-likeness (QED) is 0.247. The Balaban J connectivity index is 1.42. The molecule has 2 aromatic heterocycles. The van der Waals surface area contributed by atoms with Gasteiger partial charge in [-0.15, -0.1) is 0 Å². The molecular formula is C32H32N4O3S. The van der Waals surface area contributed by atoms with E-state index in [9.17, 15) is 9.90 Å². The molecule has 1 saturated carbocycles. The van der Waals surface area contributed by atoms with Crippen molar-refractivity contribution in [3.05, 3.63) is 107 Å². The highest BCUT2D eigenvalue weighted by Crippen LogP contribution is 2.44. The molecule has 1 saturated heterocycles. The van der Waals surface area contributed by atoms with Crippen molar-refractivity contribution >= 4 is 29.0 Å². The first-order chi connectivity index (χ1) is 19.4. The normalized spacial score (nSPS) is 19.1. The molecule has 2 aromatic carbocycles. The van der Waals surface area contributed by atoms with Crippen LogP contribution in [0, 0.1) is 13.8 Å². The van der Waals surface area contributed by atoms with Gasteiger partial charge in [0.2, 0.25) is 0 Å².